The minimum absolute atomic E-state index is 0.176. The van der Waals surface area contributed by atoms with E-state index < -0.39 is 0 Å². The van der Waals surface area contributed by atoms with Gasteiger partial charge in [-0.05, 0) is 73.4 Å². The fraction of sp³-hybridized carbons (Fsp3) is 0.167. The van der Waals surface area contributed by atoms with Crippen LogP contribution in [0.3, 0.4) is 0 Å². The van der Waals surface area contributed by atoms with Crippen molar-refractivity contribution in [1.82, 2.24) is 4.98 Å². The predicted octanol–water partition coefficient (Wildman–Crippen LogP) is 6.58. The SMILES string of the molecule is CCc1ccc(C(=O)Nc2ccc(Cl)c(-c3nc4cc(C)cc(C)c4o3)c2)cc1. The highest BCUT2D eigenvalue weighted by Gasteiger charge is 2.15. The molecule has 1 amide bonds. The number of halogens is 1. The van der Waals surface area contributed by atoms with E-state index in [1.165, 1.54) is 5.56 Å². The van der Waals surface area contributed by atoms with E-state index in [4.69, 9.17) is 16.0 Å². The summed E-state index contributed by atoms with van der Waals surface area (Å²) in [5.74, 6) is 0.257. The molecule has 0 aliphatic rings. The summed E-state index contributed by atoms with van der Waals surface area (Å²) in [5.41, 5.74) is 6.74. The van der Waals surface area contributed by atoms with Crippen LogP contribution < -0.4 is 5.32 Å². The van der Waals surface area contributed by atoms with Gasteiger partial charge in [-0.25, -0.2) is 4.98 Å². The molecule has 0 fully saturated rings. The lowest BCUT2D eigenvalue weighted by molar-refractivity contribution is 0.102. The summed E-state index contributed by atoms with van der Waals surface area (Å²) in [6, 6.07) is 16.9. The number of nitrogens with zero attached hydrogens (tertiary/aromatic N) is 1. The number of aryl methyl sites for hydroxylation is 3. The van der Waals surface area contributed by atoms with Gasteiger partial charge in [0.25, 0.3) is 5.91 Å². The second-order valence-corrected chi connectivity index (χ2v) is 7.56. The molecule has 5 heteroatoms. The van der Waals surface area contributed by atoms with Crippen molar-refractivity contribution in [2.45, 2.75) is 27.2 Å². The monoisotopic (exact) mass is 404 g/mol. The highest BCUT2D eigenvalue weighted by atomic mass is 35.5. The van der Waals surface area contributed by atoms with E-state index in [0.29, 0.717) is 27.7 Å². The van der Waals surface area contributed by atoms with Crippen LogP contribution in [0.2, 0.25) is 5.02 Å². The van der Waals surface area contributed by atoms with E-state index in [1.54, 1.807) is 18.2 Å². The summed E-state index contributed by atoms with van der Waals surface area (Å²) in [5, 5.41) is 3.43. The number of carbonyl (C=O) groups is 1. The number of benzene rings is 3. The minimum Gasteiger partial charge on any atom is -0.436 e. The lowest BCUT2D eigenvalue weighted by atomic mass is 10.1. The number of oxazole rings is 1. The zero-order valence-corrected chi connectivity index (χ0v) is 17.3. The lowest BCUT2D eigenvalue weighted by Crippen LogP contribution is -2.11. The zero-order chi connectivity index (χ0) is 20.5. The molecule has 29 heavy (non-hydrogen) atoms. The van der Waals surface area contributed by atoms with Crippen LogP contribution >= 0.6 is 11.6 Å². The molecule has 0 unspecified atom stereocenters. The molecule has 1 N–H and O–H groups in total. The normalized spacial score (nSPS) is 11.0. The lowest BCUT2D eigenvalue weighted by Gasteiger charge is -2.08. The van der Waals surface area contributed by atoms with Gasteiger partial charge >= 0.3 is 0 Å². The molecule has 1 heterocycles. The Balaban J connectivity index is 1.65. The van der Waals surface area contributed by atoms with E-state index in [1.807, 2.05) is 44.2 Å². The van der Waals surface area contributed by atoms with Crippen LogP contribution in [0.4, 0.5) is 5.69 Å². The fourth-order valence-corrected chi connectivity index (χ4v) is 3.55. The molecule has 3 aromatic carbocycles. The van der Waals surface area contributed by atoms with E-state index in [0.717, 1.165) is 28.6 Å². The average Bonchev–Trinajstić information content (AvgIpc) is 3.13. The maximum absolute atomic E-state index is 12.6. The zero-order valence-electron chi connectivity index (χ0n) is 16.5. The van der Waals surface area contributed by atoms with Gasteiger partial charge in [0, 0.05) is 11.3 Å². The Bertz CT molecular complexity index is 1210. The van der Waals surface area contributed by atoms with Gasteiger partial charge in [0.05, 0.1) is 10.6 Å². The highest BCUT2D eigenvalue weighted by molar-refractivity contribution is 6.33. The first-order chi connectivity index (χ1) is 13.9. The molecular formula is C24H21ClN2O2. The van der Waals surface area contributed by atoms with Crippen LogP contribution in [0.1, 0.15) is 34.0 Å². The summed E-state index contributed by atoms with van der Waals surface area (Å²) in [6.45, 7) is 6.10. The molecule has 0 bridgehead atoms. The van der Waals surface area contributed by atoms with Gasteiger partial charge in [0.2, 0.25) is 5.89 Å². The van der Waals surface area contributed by atoms with Gasteiger partial charge < -0.3 is 9.73 Å². The van der Waals surface area contributed by atoms with Gasteiger partial charge in [0.1, 0.15) is 5.52 Å². The fourth-order valence-electron chi connectivity index (χ4n) is 3.35. The quantitative estimate of drug-likeness (QED) is 0.418. The van der Waals surface area contributed by atoms with Crippen molar-refractivity contribution in [2.24, 2.45) is 0 Å². The number of hydrogen-bond donors (Lipinski definition) is 1. The molecule has 4 nitrogen and oxygen atoms in total. The minimum atomic E-state index is -0.176. The summed E-state index contributed by atoms with van der Waals surface area (Å²) < 4.78 is 5.98. The molecule has 0 saturated heterocycles. The standard InChI is InChI=1S/C24H21ClN2O2/c1-4-16-5-7-17(8-6-16)23(28)26-18-9-10-20(25)19(13-18)24-27-21-12-14(2)11-15(3)22(21)29-24/h5-13H,4H2,1-3H3,(H,26,28). The van der Waals surface area contributed by atoms with Crippen LogP contribution in [0.25, 0.3) is 22.6 Å². The van der Waals surface area contributed by atoms with Crippen molar-refractivity contribution in [3.8, 4) is 11.5 Å². The van der Waals surface area contributed by atoms with Crippen LogP contribution in [0, 0.1) is 13.8 Å². The second-order valence-electron chi connectivity index (χ2n) is 7.15. The van der Waals surface area contributed by atoms with Crippen molar-refractivity contribution >= 4 is 34.3 Å². The Labute approximate surface area is 174 Å². The molecule has 0 saturated carbocycles. The first-order valence-corrected chi connectivity index (χ1v) is 9.90. The number of aromatic nitrogens is 1. The first-order valence-electron chi connectivity index (χ1n) is 9.52. The van der Waals surface area contributed by atoms with E-state index in [-0.39, 0.29) is 5.91 Å². The highest BCUT2D eigenvalue weighted by Crippen LogP contribution is 2.33. The maximum Gasteiger partial charge on any atom is 0.255 e. The number of carbonyl (C=O) groups excluding carboxylic acids is 1. The first kappa shape index (κ1) is 19.2. The molecule has 146 valence electrons. The maximum atomic E-state index is 12.6. The molecule has 0 atom stereocenters. The molecule has 4 aromatic rings. The number of fused-ring (bicyclic) bond motifs is 1. The second kappa shape index (κ2) is 7.72. The van der Waals surface area contributed by atoms with Crippen molar-refractivity contribution in [2.75, 3.05) is 5.32 Å². The summed E-state index contributed by atoms with van der Waals surface area (Å²) >= 11 is 6.40. The Morgan fingerprint density at radius 3 is 2.55 bits per heavy atom. The molecule has 0 spiro atoms. The number of nitrogens with one attached hydrogen (secondary N) is 1. The van der Waals surface area contributed by atoms with Gasteiger partial charge in [-0.3, -0.25) is 4.79 Å². The van der Waals surface area contributed by atoms with Crippen molar-refractivity contribution < 1.29 is 9.21 Å². The smallest absolute Gasteiger partial charge is 0.255 e. The Morgan fingerprint density at radius 2 is 1.83 bits per heavy atom. The molecule has 0 aliphatic heterocycles. The Morgan fingerprint density at radius 1 is 1.07 bits per heavy atom. The van der Waals surface area contributed by atoms with Gasteiger partial charge in [0.15, 0.2) is 5.58 Å². The van der Waals surface area contributed by atoms with E-state index >= 15 is 0 Å². The molecule has 1 aromatic heterocycles. The van der Waals surface area contributed by atoms with Crippen molar-refractivity contribution in [3.05, 3.63) is 81.9 Å². The molecule has 4 rings (SSSR count). The summed E-state index contributed by atoms with van der Waals surface area (Å²) in [6.07, 6.45) is 0.936. The number of anilines is 1. The van der Waals surface area contributed by atoms with Crippen LogP contribution in [-0.2, 0) is 6.42 Å². The Kier molecular flexibility index (Phi) is 5.12. The topological polar surface area (TPSA) is 55.1 Å². The third-order valence-corrected chi connectivity index (χ3v) is 5.23. The molecule has 0 radical (unpaired) electrons. The van der Waals surface area contributed by atoms with E-state index in [9.17, 15) is 4.79 Å². The van der Waals surface area contributed by atoms with Crippen molar-refractivity contribution in [1.29, 1.82) is 0 Å². The number of hydrogen-bond acceptors (Lipinski definition) is 3. The summed E-state index contributed by atoms with van der Waals surface area (Å²) in [7, 11) is 0. The van der Waals surface area contributed by atoms with Crippen LogP contribution in [0.15, 0.2) is 59.0 Å². The third kappa shape index (κ3) is 3.89. The van der Waals surface area contributed by atoms with Gasteiger partial charge in [-0.15, -0.1) is 0 Å². The van der Waals surface area contributed by atoms with Crippen LogP contribution in [0.5, 0.6) is 0 Å². The van der Waals surface area contributed by atoms with E-state index in [2.05, 4.69) is 23.3 Å². The largest absolute Gasteiger partial charge is 0.436 e. The predicted molar refractivity (Wildman–Crippen MR) is 118 cm³/mol. The van der Waals surface area contributed by atoms with Gasteiger partial charge in [-0.2, -0.15) is 0 Å². The number of amides is 1. The Hall–Kier alpha value is -3.11. The third-order valence-electron chi connectivity index (χ3n) is 4.90. The number of rotatable bonds is 4. The molecule has 0 aliphatic carbocycles. The molecular weight excluding hydrogens is 384 g/mol. The van der Waals surface area contributed by atoms with Crippen molar-refractivity contribution in [3.63, 3.8) is 0 Å². The van der Waals surface area contributed by atoms with Crippen LogP contribution in [-0.4, -0.2) is 10.9 Å². The average molecular weight is 405 g/mol. The van der Waals surface area contributed by atoms with Gasteiger partial charge in [-0.1, -0.05) is 36.7 Å². The summed E-state index contributed by atoms with van der Waals surface area (Å²) in [4.78, 5) is 17.2.